The third-order valence-electron chi connectivity index (χ3n) is 9.34. The summed E-state index contributed by atoms with van der Waals surface area (Å²) < 4.78 is 28.0. The number of hydrogen-bond acceptors (Lipinski definition) is 14. The summed E-state index contributed by atoms with van der Waals surface area (Å²) in [6, 6.07) is 0. The Morgan fingerprint density at radius 2 is 1.67 bits per heavy atom. The number of ketones is 2. The van der Waals surface area contributed by atoms with Crippen molar-refractivity contribution < 1.29 is 63.6 Å². The van der Waals surface area contributed by atoms with E-state index in [9.17, 15) is 39.9 Å². The molecule has 0 aromatic carbocycles. The second-order valence-electron chi connectivity index (χ2n) is 13.2. The number of allylic oxidation sites excluding steroid dienone is 4. The molecule has 11 atom stereocenters. The van der Waals surface area contributed by atoms with E-state index in [1.807, 2.05) is 26.8 Å². The lowest BCUT2D eigenvalue weighted by molar-refractivity contribution is -0.300. The lowest BCUT2D eigenvalue weighted by Crippen LogP contribution is -2.59. The fourth-order valence-electron chi connectivity index (χ4n) is 6.37. The average molecular weight is 723 g/mol. The van der Waals surface area contributed by atoms with Gasteiger partial charge in [-0.2, -0.15) is 0 Å². The van der Waals surface area contributed by atoms with Crippen LogP contribution in [0.2, 0.25) is 0 Å². The lowest BCUT2D eigenvalue weighted by Gasteiger charge is -2.39. The highest BCUT2D eigenvalue weighted by Gasteiger charge is 2.44. The van der Waals surface area contributed by atoms with Crippen molar-refractivity contribution in [3.8, 4) is 0 Å². The van der Waals surface area contributed by atoms with Crippen LogP contribution in [-0.2, 0) is 38.1 Å². The molecule has 0 aromatic rings. The number of carbonyl (C=O) groups is 3. The molecule has 51 heavy (non-hydrogen) atoms. The normalized spacial score (nSPS) is 37.5. The number of carbonyl (C=O) groups excluding carboxylic acids is 3. The van der Waals surface area contributed by atoms with Crippen LogP contribution in [-0.4, -0.2) is 139 Å². The first-order valence-electron chi connectivity index (χ1n) is 17.0. The third-order valence-corrected chi connectivity index (χ3v) is 9.34. The van der Waals surface area contributed by atoms with Gasteiger partial charge in [0.25, 0.3) is 5.91 Å². The Morgan fingerprint density at radius 1 is 0.961 bits per heavy atom. The van der Waals surface area contributed by atoms with Crippen molar-refractivity contribution in [2.45, 2.75) is 95.7 Å². The Kier molecular flexibility index (Phi) is 16.3. The zero-order chi connectivity index (χ0) is 38.0. The third kappa shape index (κ3) is 10.7. The van der Waals surface area contributed by atoms with Crippen LogP contribution in [0, 0.1) is 11.8 Å². The van der Waals surface area contributed by atoms with Crippen molar-refractivity contribution in [1.82, 2.24) is 10.6 Å². The number of aliphatic hydroxyl groups is 5. The summed E-state index contributed by atoms with van der Waals surface area (Å²) in [7, 11) is 4.58. The van der Waals surface area contributed by atoms with Gasteiger partial charge in [-0.05, 0) is 38.2 Å². The number of Topliss-reactive ketones (excluding diaryl/α,β-unsaturated/α-hetero) is 1. The molecule has 286 valence electrons. The lowest BCUT2D eigenvalue weighted by atomic mass is 9.85. The Morgan fingerprint density at radius 3 is 2.29 bits per heavy atom. The second kappa shape index (κ2) is 19.7. The molecule has 3 rings (SSSR count). The van der Waals surface area contributed by atoms with Crippen LogP contribution < -0.4 is 10.6 Å². The van der Waals surface area contributed by atoms with Gasteiger partial charge in [-0.1, -0.05) is 38.2 Å². The minimum atomic E-state index is -1.62. The highest BCUT2D eigenvalue weighted by Crippen LogP contribution is 2.29. The minimum Gasteiger partial charge on any atom is -0.394 e. The predicted octanol–water partition coefficient (Wildman–Crippen LogP) is -0.281. The summed E-state index contributed by atoms with van der Waals surface area (Å²) >= 11 is 0. The average Bonchev–Trinajstić information content (AvgIpc) is 3.10. The van der Waals surface area contributed by atoms with E-state index in [-0.39, 0.29) is 53.9 Å². The van der Waals surface area contributed by atoms with Gasteiger partial charge in [-0.3, -0.25) is 14.4 Å². The predicted molar refractivity (Wildman–Crippen MR) is 184 cm³/mol. The van der Waals surface area contributed by atoms with Crippen LogP contribution in [0.5, 0.6) is 0 Å². The standard InChI is InChI=1S/C36H54N2O13/c1-18-13-22-28(37-11-12-50-36-33(45)32(44)31(43)27(17-39)51-36)24(40)16-23(30(22)42)38-35(46)19(2)9-8-10-25(47-5)34(49-7)21(4)15-20(3)29(41)26(14-18)48-6/h8-10,15-16,18,20,25-27,29,31-34,36-37,39,41,43-45H,11-14,17H2,1-7H3,(H,38,46)/b10-8-,19-9+,21-15+/t18-,20+,25+,26+,27-,29-,31-,32+,33-,34+,36-/m1/s1. The van der Waals surface area contributed by atoms with Crippen molar-refractivity contribution in [3.63, 3.8) is 0 Å². The fourth-order valence-corrected chi connectivity index (χ4v) is 6.37. The first-order chi connectivity index (χ1) is 24.2. The number of rotatable bonds is 9. The van der Waals surface area contributed by atoms with Gasteiger partial charge in [-0.25, -0.2) is 0 Å². The second-order valence-corrected chi connectivity index (χ2v) is 13.2. The molecular formula is C36H54N2O13. The van der Waals surface area contributed by atoms with Crippen LogP contribution >= 0.6 is 0 Å². The van der Waals surface area contributed by atoms with E-state index in [4.69, 9.17) is 23.7 Å². The summed E-state index contributed by atoms with van der Waals surface area (Å²) in [5, 5.41) is 56.6. The number of nitrogens with one attached hydrogen (secondary N) is 2. The Balaban J connectivity index is 1.92. The van der Waals surface area contributed by atoms with Crippen molar-refractivity contribution in [1.29, 1.82) is 0 Å². The van der Waals surface area contributed by atoms with Crippen LogP contribution in [0.25, 0.3) is 0 Å². The van der Waals surface area contributed by atoms with Crippen LogP contribution in [0.1, 0.15) is 40.5 Å². The zero-order valence-electron chi connectivity index (χ0n) is 30.3. The van der Waals surface area contributed by atoms with Gasteiger partial charge >= 0.3 is 0 Å². The van der Waals surface area contributed by atoms with Gasteiger partial charge in [-0.15, -0.1) is 0 Å². The Labute approximate surface area is 298 Å². The van der Waals surface area contributed by atoms with Gasteiger partial charge in [0.05, 0.1) is 36.8 Å². The number of methoxy groups -OCH3 is 3. The molecule has 2 aliphatic heterocycles. The first kappa shape index (κ1) is 42.3. The molecule has 15 nitrogen and oxygen atoms in total. The summed E-state index contributed by atoms with van der Waals surface area (Å²) in [4.78, 5) is 40.5. The zero-order valence-corrected chi connectivity index (χ0v) is 30.3. The maximum absolute atomic E-state index is 13.9. The van der Waals surface area contributed by atoms with E-state index in [2.05, 4.69) is 10.6 Å². The molecule has 2 heterocycles. The molecule has 1 amide bonds. The largest absolute Gasteiger partial charge is 0.394 e. The van der Waals surface area contributed by atoms with E-state index in [0.717, 1.165) is 11.6 Å². The van der Waals surface area contributed by atoms with Crippen molar-refractivity contribution in [3.05, 3.63) is 58.5 Å². The van der Waals surface area contributed by atoms with Crippen molar-refractivity contribution in [2.24, 2.45) is 11.8 Å². The molecule has 1 aliphatic carbocycles. The number of ether oxygens (including phenoxy) is 5. The maximum Gasteiger partial charge on any atom is 0.251 e. The van der Waals surface area contributed by atoms with E-state index < -0.39 is 79.2 Å². The molecule has 0 radical (unpaired) electrons. The number of aliphatic hydroxyl groups excluding tert-OH is 5. The molecule has 0 spiro atoms. The molecule has 0 unspecified atom stereocenters. The van der Waals surface area contributed by atoms with Crippen molar-refractivity contribution in [2.75, 3.05) is 41.1 Å². The highest BCUT2D eigenvalue weighted by molar-refractivity contribution is 6.23. The molecular weight excluding hydrogens is 668 g/mol. The molecule has 3 aliphatic rings. The van der Waals surface area contributed by atoms with Crippen molar-refractivity contribution >= 4 is 17.5 Å². The SMILES string of the molecule is CO[C@H]1/C=C\C=C(/C)C(=O)NC2=CC(=O)C(NCCO[C@@H]3O[C@H](CO)[C@@H](O)[C@H](O)[C@H]3O)=C(C[C@@H](C)C[C@H](OC)[C@H](O)[C@@H](C)/C=C(\C)[C@@H]1OC)C2=O. The quantitative estimate of drug-likeness (QED) is 0.0925. The molecule has 1 saturated heterocycles. The molecule has 0 aromatic heterocycles. The minimum absolute atomic E-state index is 0.0130. The first-order valence-corrected chi connectivity index (χ1v) is 17.0. The summed E-state index contributed by atoms with van der Waals surface area (Å²) in [5.74, 6) is -2.38. The number of hydrogen-bond donors (Lipinski definition) is 7. The number of amides is 1. The van der Waals surface area contributed by atoms with Crippen LogP contribution in [0.15, 0.2) is 58.5 Å². The van der Waals surface area contributed by atoms with Gasteiger partial charge in [0.1, 0.15) is 36.6 Å². The smallest absolute Gasteiger partial charge is 0.251 e. The fraction of sp³-hybridized carbons (Fsp3) is 0.639. The Bertz CT molecular complexity index is 1390. The van der Waals surface area contributed by atoms with Crippen LogP contribution in [0.4, 0.5) is 0 Å². The summed E-state index contributed by atoms with van der Waals surface area (Å²) in [6.07, 6.45) is -1.63. The Hall–Kier alpha value is -3.09. The molecule has 2 bridgehead atoms. The molecule has 0 saturated carbocycles. The maximum atomic E-state index is 13.9. The molecule has 15 heteroatoms. The van der Waals surface area contributed by atoms with Gasteiger partial charge in [0.2, 0.25) is 11.6 Å². The van der Waals surface area contributed by atoms with E-state index >= 15 is 0 Å². The number of fused-ring (bicyclic) bond motifs is 2. The van der Waals surface area contributed by atoms with Gasteiger partial charge < -0.3 is 59.9 Å². The highest BCUT2D eigenvalue weighted by atomic mass is 16.7. The van der Waals surface area contributed by atoms with Crippen LogP contribution in [0.3, 0.4) is 0 Å². The van der Waals surface area contributed by atoms with E-state index in [1.54, 1.807) is 32.3 Å². The van der Waals surface area contributed by atoms with Gasteiger partial charge in [0, 0.05) is 51.0 Å². The molecule has 7 N–H and O–H groups in total. The van der Waals surface area contributed by atoms with E-state index in [1.165, 1.54) is 14.2 Å². The monoisotopic (exact) mass is 722 g/mol. The van der Waals surface area contributed by atoms with E-state index in [0.29, 0.717) is 6.42 Å². The topological polar surface area (TPSA) is 223 Å². The van der Waals surface area contributed by atoms with Gasteiger partial charge in [0.15, 0.2) is 6.29 Å². The molecule has 1 fully saturated rings. The summed E-state index contributed by atoms with van der Waals surface area (Å²) in [6.45, 7) is 6.33. The summed E-state index contributed by atoms with van der Waals surface area (Å²) in [5.41, 5.74) is 0.976.